The van der Waals surface area contributed by atoms with Crippen LogP contribution in [0.2, 0.25) is 0 Å². The van der Waals surface area contributed by atoms with Crippen molar-refractivity contribution >= 4 is 6.29 Å². The number of hydrogen-bond acceptors (Lipinski definition) is 3. The molecule has 1 aliphatic heterocycles. The highest BCUT2D eigenvalue weighted by Gasteiger charge is 2.26. The average molecular weight is 293 g/mol. The van der Waals surface area contributed by atoms with Crippen LogP contribution in [0.25, 0.3) is 0 Å². The van der Waals surface area contributed by atoms with Crippen LogP contribution in [0, 0.1) is 0 Å². The van der Waals surface area contributed by atoms with Gasteiger partial charge in [-0.05, 0) is 41.3 Å². The number of ether oxygens (including phenoxy) is 1. The van der Waals surface area contributed by atoms with Gasteiger partial charge in [-0.25, -0.2) is 0 Å². The van der Waals surface area contributed by atoms with Crippen molar-refractivity contribution in [1.82, 2.24) is 4.90 Å². The molecule has 0 aliphatic carbocycles. The van der Waals surface area contributed by atoms with Gasteiger partial charge in [0, 0.05) is 12.7 Å². The molecule has 2 aromatic rings. The van der Waals surface area contributed by atoms with Gasteiger partial charge in [-0.15, -0.1) is 0 Å². The predicted molar refractivity (Wildman–Crippen MR) is 86.9 cm³/mol. The largest absolute Gasteiger partial charge is 0.497 e. The Bertz CT molecular complexity index is 676. The molecule has 0 N–H and O–H groups in total. The lowest BCUT2D eigenvalue weighted by Gasteiger charge is -2.37. The lowest BCUT2D eigenvalue weighted by molar-refractivity contribution is -0.104. The number of fused-ring (bicyclic) bond motifs is 1. The van der Waals surface area contributed by atoms with Crippen molar-refractivity contribution in [3.63, 3.8) is 0 Å². The van der Waals surface area contributed by atoms with Gasteiger partial charge < -0.3 is 9.64 Å². The molecule has 0 fully saturated rings. The van der Waals surface area contributed by atoms with Crippen molar-refractivity contribution in [1.29, 1.82) is 0 Å². The van der Waals surface area contributed by atoms with Crippen LogP contribution in [0.5, 0.6) is 5.75 Å². The van der Waals surface area contributed by atoms with Crippen LogP contribution in [0.4, 0.5) is 0 Å². The Hall–Kier alpha value is -2.55. The van der Waals surface area contributed by atoms with Gasteiger partial charge in [0.2, 0.25) is 0 Å². The van der Waals surface area contributed by atoms with Crippen LogP contribution < -0.4 is 4.74 Å². The molecule has 22 heavy (non-hydrogen) atoms. The Labute approximate surface area is 130 Å². The summed E-state index contributed by atoms with van der Waals surface area (Å²) in [5, 5.41) is 0. The minimum absolute atomic E-state index is 0.132. The normalized spacial score (nSPS) is 17.3. The van der Waals surface area contributed by atoms with Crippen LogP contribution >= 0.6 is 0 Å². The number of allylic oxidation sites excluding steroid dienone is 1. The number of methoxy groups -OCH3 is 1. The molecule has 3 heteroatoms. The molecule has 3 nitrogen and oxygen atoms in total. The maximum Gasteiger partial charge on any atom is 0.144 e. The summed E-state index contributed by atoms with van der Waals surface area (Å²) in [6, 6.07) is 16.8. The summed E-state index contributed by atoms with van der Waals surface area (Å²) in [6.45, 7) is 0.901. The molecule has 2 aromatic carbocycles. The number of benzene rings is 2. The van der Waals surface area contributed by atoms with Crippen molar-refractivity contribution in [3.05, 3.63) is 77.5 Å². The van der Waals surface area contributed by atoms with E-state index in [0.29, 0.717) is 0 Å². The molecule has 0 aromatic heterocycles. The minimum atomic E-state index is 0.132. The van der Waals surface area contributed by atoms with Crippen LogP contribution in [0.3, 0.4) is 0 Å². The van der Waals surface area contributed by atoms with E-state index in [1.165, 1.54) is 16.7 Å². The third kappa shape index (κ3) is 2.75. The molecule has 0 spiro atoms. The zero-order valence-electron chi connectivity index (χ0n) is 12.6. The Morgan fingerprint density at radius 3 is 2.64 bits per heavy atom. The molecular formula is C19H19NO2. The van der Waals surface area contributed by atoms with E-state index in [4.69, 9.17) is 4.74 Å². The van der Waals surface area contributed by atoms with Gasteiger partial charge in [-0.2, -0.15) is 0 Å². The molecule has 1 heterocycles. The maximum atomic E-state index is 10.7. The van der Waals surface area contributed by atoms with Gasteiger partial charge in [0.15, 0.2) is 0 Å². The maximum absolute atomic E-state index is 10.7. The number of aldehydes is 1. The molecule has 0 bridgehead atoms. The highest BCUT2D eigenvalue weighted by atomic mass is 16.5. The van der Waals surface area contributed by atoms with E-state index < -0.39 is 0 Å². The first-order valence-corrected chi connectivity index (χ1v) is 7.43. The third-order valence-corrected chi connectivity index (χ3v) is 4.11. The summed E-state index contributed by atoms with van der Waals surface area (Å²) in [5.41, 5.74) is 3.87. The topological polar surface area (TPSA) is 29.5 Å². The number of nitrogens with zero attached hydrogens (tertiary/aromatic N) is 1. The molecule has 0 amide bonds. The Morgan fingerprint density at radius 1 is 1.14 bits per heavy atom. The second kappa shape index (κ2) is 6.48. The summed E-state index contributed by atoms with van der Waals surface area (Å²) >= 11 is 0. The lowest BCUT2D eigenvalue weighted by atomic mass is 9.88. The summed E-state index contributed by atoms with van der Waals surface area (Å²) in [5.74, 6) is 0.850. The lowest BCUT2D eigenvalue weighted by Crippen LogP contribution is -2.32. The first kappa shape index (κ1) is 14.4. The fraction of sp³-hybridized carbons (Fsp3) is 0.211. The van der Waals surface area contributed by atoms with Gasteiger partial charge in [-0.3, -0.25) is 4.79 Å². The number of hydrogen-bond donors (Lipinski definition) is 0. The van der Waals surface area contributed by atoms with Crippen molar-refractivity contribution in [2.24, 2.45) is 0 Å². The van der Waals surface area contributed by atoms with Gasteiger partial charge >= 0.3 is 0 Å². The molecule has 112 valence electrons. The van der Waals surface area contributed by atoms with Crippen molar-refractivity contribution in [2.45, 2.75) is 12.5 Å². The second-order valence-corrected chi connectivity index (χ2v) is 5.34. The third-order valence-electron chi connectivity index (χ3n) is 4.11. The van der Waals surface area contributed by atoms with Gasteiger partial charge in [0.05, 0.1) is 13.2 Å². The highest BCUT2D eigenvalue weighted by Crippen LogP contribution is 2.35. The van der Waals surface area contributed by atoms with Gasteiger partial charge in [0.1, 0.15) is 12.0 Å². The molecular weight excluding hydrogens is 274 g/mol. The molecule has 3 rings (SSSR count). The smallest absolute Gasteiger partial charge is 0.144 e. The zero-order valence-corrected chi connectivity index (χ0v) is 12.6. The number of rotatable bonds is 4. The first-order chi connectivity index (χ1) is 10.8. The number of carbonyl (C=O) groups excluding carboxylic acids is 1. The van der Waals surface area contributed by atoms with E-state index in [0.717, 1.165) is 25.0 Å². The quantitative estimate of drug-likeness (QED) is 0.639. The molecule has 1 aliphatic rings. The standard InChI is InChI=1S/C19H19NO2/c1-22-17-9-7-16(8-10-17)19-18-6-3-2-5-15(18)11-13-20(19)12-4-14-21/h2-10,12,14,19H,11,13H2,1H3. The Balaban J connectivity index is 2.04. The van der Waals surface area contributed by atoms with Crippen LogP contribution in [-0.4, -0.2) is 24.8 Å². The van der Waals surface area contributed by atoms with E-state index in [2.05, 4.69) is 41.3 Å². The minimum Gasteiger partial charge on any atom is -0.497 e. The van der Waals surface area contributed by atoms with Gasteiger partial charge in [-0.1, -0.05) is 36.4 Å². The molecule has 1 atom stereocenters. The van der Waals surface area contributed by atoms with Crippen LogP contribution in [0.1, 0.15) is 22.7 Å². The second-order valence-electron chi connectivity index (χ2n) is 5.34. The Kier molecular flexibility index (Phi) is 4.24. The predicted octanol–water partition coefficient (Wildman–Crippen LogP) is 3.36. The van der Waals surface area contributed by atoms with E-state index >= 15 is 0 Å². The van der Waals surface area contributed by atoms with Crippen molar-refractivity contribution in [3.8, 4) is 5.75 Å². The summed E-state index contributed by atoms with van der Waals surface area (Å²) in [6.07, 6.45) is 5.26. The Morgan fingerprint density at radius 2 is 1.91 bits per heavy atom. The first-order valence-electron chi connectivity index (χ1n) is 7.43. The molecule has 1 unspecified atom stereocenters. The van der Waals surface area contributed by atoms with E-state index in [-0.39, 0.29) is 6.04 Å². The summed E-state index contributed by atoms with van der Waals surface area (Å²) < 4.78 is 5.24. The average Bonchev–Trinajstić information content (AvgIpc) is 2.59. The fourth-order valence-electron chi connectivity index (χ4n) is 3.05. The van der Waals surface area contributed by atoms with Crippen LogP contribution in [0.15, 0.2) is 60.8 Å². The van der Waals surface area contributed by atoms with E-state index in [1.807, 2.05) is 18.3 Å². The zero-order chi connectivity index (χ0) is 15.4. The fourth-order valence-corrected chi connectivity index (χ4v) is 3.05. The van der Waals surface area contributed by atoms with Crippen LogP contribution in [-0.2, 0) is 11.2 Å². The van der Waals surface area contributed by atoms with E-state index in [9.17, 15) is 4.79 Å². The monoisotopic (exact) mass is 293 g/mol. The van der Waals surface area contributed by atoms with Crippen molar-refractivity contribution < 1.29 is 9.53 Å². The summed E-state index contributed by atoms with van der Waals surface area (Å²) in [4.78, 5) is 12.9. The number of carbonyl (C=O) groups is 1. The molecule has 0 saturated heterocycles. The molecule has 0 radical (unpaired) electrons. The SMILES string of the molecule is COc1ccc(C2c3ccccc3CCN2C=CC=O)cc1. The van der Waals surface area contributed by atoms with Gasteiger partial charge in [0.25, 0.3) is 0 Å². The van der Waals surface area contributed by atoms with Crippen molar-refractivity contribution in [2.75, 3.05) is 13.7 Å². The highest BCUT2D eigenvalue weighted by molar-refractivity contribution is 5.64. The molecule has 0 saturated carbocycles. The van der Waals surface area contributed by atoms with E-state index in [1.54, 1.807) is 13.2 Å². The summed E-state index contributed by atoms with van der Waals surface area (Å²) in [7, 11) is 1.67.